The first-order valence-corrected chi connectivity index (χ1v) is 5.28. The molecular formula is C11H18N2O3. The van der Waals surface area contributed by atoms with Crippen LogP contribution < -0.4 is 10.6 Å². The lowest BCUT2D eigenvalue weighted by Gasteiger charge is -2.13. The maximum absolute atomic E-state index is 11.3. The Labute approximate surface area is 95.6 Å². The van der Waals surface area contributed by atoms with Gasteiger partial charge in [0.05, 0.1) is 13.1 Å². The van der Waals surface area contributed by atoms with E-state index in [2.05, 4.69) is 16.6 Å². The van der Waals surface area contributed by atoms with Gasteiger partial charge in [0.25, 0.3) is 0 Å². The molecule has 0 aliphatic rings. The monoisotopic (exact) mass is 226 g/mol. The van der Waals surface area contributed by atoms with Crippen LogP contribution in [-0.4, -0.2) is 36.1 Å². The molecule has 0 radical (unpaired) electrons. The molecule has 0 aromatic heterocycles. The Bertz CT molecular complexity index is 271. The zero-order chi connectivity index (χ0) is 12.4. The van der Waals surface area contributed by atoms with Gasteiger partial charge in [-0.1, -0.05) is 25.7 Å². The number of rotatable bonds is 8. The van der Waals surface area contributed by atoms with E-state index in [0.717, 1.165) is 12.8 Å². The van der Waals surface area contributed by atoms with Gasteiger partial charge < -0.3 is 10.4 Å². The number of carboxylic acids is 1. The predicted octanol–water partition coefficient (Wildman–Crippen LogP) is -0.0312. The Morgan fingerprint density at radius 3 is 2.69 bits per heavy atom. The molecule has 0 aliphatic carbocycles. The van der Waals surface area contributed by atoms with Crippen LogP contribution in [0, 0.1) is 12.3 Å². The molecule has 1 unspecified atom stereocenters. The quantitative estimate of drug-likeness (QED) is 0.401. The molecule has 0 aliphatic heterocycles. The van der Waals surface area contributed by atoms with Gasteiger partial charge in [-0.2, -0.15) is 0 Å². The number of amides is 1. The number of unbranched alkanes of at least 4 members (excludes halogenated alkanes) is 1. The van der Waals surface area contributed by atoms with Crippen LogP contribution in [0.1, 0.15) is 26.2 Å². The summed E-state index contributed by atoms with van der Waals surface area (Å²) in [6.45, 7) is 2.30. The van der Waals surface area contributed by atoms with E-state index in [1.54, 1.807) is 0 Å². The Balaban J connectivity index is 3.94. The molecule has 3 N–H and O–H groups in total. The molecule has 5 nitrogen and oxygen atoms in total. The van der Waals surface area contributed by atoms with E-state index in [0.29, 0.717) is 13.0 Å². The van der Waals surface area contributed by atoms with Crippen LogP contribution in [0.4, 0.5) is 0 Å². The zero-order valence-corrected chi connectivity index (χ0v) is 9.45. The maximum Gasteiger partial charge on any atom is 0.326 e. The van der Waals surface area contributed by atoms with Gasteiger partial charge in [0.2, 0.25) is 5.91 Å². The van der Waals surface area contributed by atoms with E-state index in [1.165, 1.54) is 0 Å². The van der Waals surface area contributed by atoms with Crippen molar-refractivity contribution < 1.29 is 14.7 Å². The van der Waals surface area contributed by atoms with E-state index >= 15 is 0 Å². The topological polar surface area (TPSA) is 78.4 Å². The van der Waals surface area contributed by atoms with Crippen molar-refractivity contribution in [1.29, 1.82) is 0 Å². The molecule has 90 valence electrons. The van der Waals surface area contributed by atoms with Gasteiger partial charge in [0, 0.05) is 0 Å². The first-order chi connectivity index (χ1) is 7.61. The van der Waals surface area contributed by atoms with Crippen LogP contribution in [0.3, 0.4) is 0 Å². The molecule has 0 aromatic rings. The number of terminal acetylenes is 1. The summed E-state index contributed by atoms with van der Waals surface area (Å²) in [6, 6.07) is -0.805. The second kappa shape index (κ2) is 8.74. The van der Waals surface area contributed by atoms with Crippen molar-refractivity contribution in [2.45, 2.75) is 32.2 Å². The van der Waals surface area contributed by atoms with Crippen molar-refractivity contribution in [2.75, 3.05) is 13.1 Å². The van der Waals surface area contributed by atoms with Crippen LogP contribution in [-0.2, 0) is 9.59 Å². The third kappa shape index (κ3) is 6.85. The van der Waals surface area contributed by atoms with Crippen molar-refractivity contribution in [3.8, 4) is 12.3 Å². The minimum Gasteiger partial charge on any atom is -0.480 e. The number of nitrogens with one attached hydrogen (secondary N) is 2. The molecule has 0 heterocycles. The average molecular weight is 226 g/mol. The highest BCUT2D eigenvalue weighted by atomic mass is 16.4. The summed E-state index contributed by atoms with van der Waals surface area (Å²) < 4.78 is 0. The maximum atomic E-state index is 11.3. The van der Waals surface area contributed by atoms with Gasteiger partial charge in [-0.15, -0.1) is 6.42 Å². The van der Waals surface area contributed by atoms with E-state index in [1.807, 2.05) is 6.92 Å². The van der Waals surface area contributed by atoms with Gasteiger partial charge in [0.1, 0.15) is 6.04 Å². The molecule has 1 amide bonds. The third-order valence-corrected chi connectivity index (χ3v) is 1.99. The molecule has 0 bridgehead atoms. The van der Waals surface area contributed by atoms with Crippen LogP contribution in [0.5, 0.6) is 0 Å². The highest BCUT2D eigenvalue weighted by Gasteiger charge is 2.18. The van der Waals surface area contributed by atoms with E-state index in [9.17, 15) is 9.59 Å². The summed E-state index contributed by atoms with van der Waals surface area (Å²) in [4.78, 5) is 22.1. The van der Waals surface area contributed by atoms with Crippen LogP contribution >= 0.6 is 0 Å². The average Bonchev–Trinajstić information content (AvgIpc) is 2.24. The van der Waals surface area contributed by atoms with Crippen molar-refractivity contribution in [2.24, 2.45) is 0 Å². The first-order valence-electron chi connectivity index (χ1n) is 5.28. The van der Waals surface area contributed by atoms with E-state index in [4.69, 9.17) is 11.5 Å². The Morgan fingerprint density at radius 1 is 1.50 bits per heavy atom. The molecule has 0 spiro atoms. The van der Waals surface area contributed by atoms with Crippen LogP contribution in [0.25, 0.3) is 0 Å². The smallest absolute Gasteiger partial charge is 0.326 e. The standard InChI is InChI=1S/C11H18N2O3/c1-3-5-6-9(11(15)16)13-10(14)8-12-7-4-2/h2,9,12H,3,5-8H2,1H3,(H,13,14)(H,15,16). The van der Waals surface area contributed by atoms with Gasteiger partial charge in [-0.3, -0.25) is 10.1 Å². The van der Waals surface area contributed by atoms with Crippen LogP contribution in [0.2, 0.25) is 0 Å². The van der Waals surface area contributed by atoms with Crippen molar-refractivity contribution >= 4 is 11.9 Å². The van der Waals surface area contributed by atoms with Gasteiger partial charge in [-0.05, 0) is 6.42 Å². The molecule has 0 saturated heterocycles. The summed E-state index contributed by atoms with van der Waals surface area (Å²) in [5, 5.41) is 14.0. The summed E-state index contributed by atoms with van der Waals surface area (Å²) in [6.07, 6.45) is 7.11. The zero-order valence-electron chi connectivity index (χ0n) is 9.45. The lowest BCUT2D eigenvalue weighted by atomic mass is 10.1. The lowest BCUT2D eigenvalue weighted by Crippen LogP contribution is -2.44. The van der Waals surface area contributed by atoms with Gasteiger partial charge >= 0.3 is 5.97 Å². The minimum absolute atomic E-state index is 0.0418. The summed E-state index contributed by atoms with van der Waals surface area (Å²) in [7, 11) is 0. The molecule has 5 heteroatoms. The number of carboxylic acid groups (broad SMARTS) is 1. The fourth-order valence-electron chi connectivity index (χ4n) is 1.16. The highest BCUT2D eigenvalue weighted by molar-refractivity contribution is 5.84. The lowest BCUT2D eigenvalue weighted by molar-refractivity contribution is -0.141. The first kappa shape index (κ1) is 14.5. The van der Waals surface area contributed by atoms with Gasteiger partial charge in [-0.25, -0.2) is 4.79 Å². The predicted molar refractivity (Wildman–Crippen MR) is 60.8 cm³/mol. The molecule has 1 atom stereocenters. The third-order valence-electron chi connectivity index (χ3n) is 1.99. The summed E-state index contributed by atoms with van der Waals surface area (Å²) in [5.41, 5.74) is 0. The van der Waals surface area contributed by atoms with Crippen molar-refractivity contribution in [3.05, 3.63) is 0 Å². The molecule has 0 aromatic carbocycles. The number of hydrogen-bond donors (Lipinski definition) is 3. The highest BCUT2D eigenvalue weighted by Crippen LogP contribution is 2.00. The van der Waals surface area contributed by atoms with E-state index in [-0.39, 0.29) is 12.5 Å². The number of carbonyl (C=O) groups excluding carboxylic acids is 1. The number of aliphatic carboxylic acids is 1. The number of hydrogen-bond acceptors (Lipinski definition) is 3. The summed E-state index contributed by atoms with van der Waals surface area (Å²) in [5.74, 6) is 0.976. The largest absolute Gasteiger partial charge is 0.480 e. The molecule has 0 saturated carbocycles. The Morgan fingerprint density at radius 2 is 2.19 bits per heavy atom. The van der Waals surface area contributed by atoms with Crippen molar-refractivity contribution in [3.63, 3.8) is 0 Å². The van der Waals surface area contributed by atoms with Gasteiger partial charge in [0.15, 0.2) is 0 Å². The Kier molecular flexibility index (Phi) is 7.90. The normalized spacial score (nSPS) is 11.5. The fraction of sp³-hybridized carbons (Fsp3) is 0.636. The Hall–Kier alpha value is -1.54. The second-order valence-electron chi connectivity index (χ2n) is 3.41. The number of carbonyl (C=O) groups is 2. The van der Waals surface area contributed by atoms with E-state index < -0.39 is 12.0 Å². The minimum atomic E-state index is -1.00. The molecule has 0 rings (SSSR count). The molecular weight excluding hydrogens is 208 g/mol. The SMILES string of the molecule is C#CCNCC(=O)NC(CCCC)C(=O)O. The van der Waals surface area contributed by atoms with Crippen LogP contribution in [0.15, 0.2) is 0 Å². The van der Waals surface area contributed by atoms with Crippen molar-refractivity contribution in [1.82, 2.24) is 10.6 Å². The molecule has 16 heavy (non-hydrogen) atoms. The summed E-state index contributed by atoms with van der Waals surface area (Å²) >= 11 is 0. The molecule has 0 fully saturated rings. The second-order valence-corrected chi connectivity index (χ2v) is 3.41. The fourth-order valence-corrected chi connectivity index (χ4v) is 1.16.